The molecule has 35 heavy (non-hydrogen) atoms. The van der Waals surface area contributed by atoms with Gasteiger partial charge in [-0.2, -0.15) is 0 Å². The number of carbonyl (C=O) groups excluding carboxylic acids is 3. The van der Waals surface area contributed by atoms with E-state index in [1.165, 1.54) is 43.1 Å². The molecule has 194 valence electrons. The first-order valence-electron chi connectivity index (χ1n) is 13.1. The molecule has 7 nitrogen and oxygen atoms in total. The molecule has 2 heterocycles. The highest BCUT2D eigenvalue weighted by Crippen LogP contribution is 2.34. The van der Waals surface area contributed by atoms with Crippen LogP contribution in [0.1, 0.15) is 67.3 Å². The standard InChI is InChI=1S/C27H41N3O4S/c1-28-26(32)24(12-10-17-31)29-21-23-22(27(29)33)11-9-13-25(23)35-20-8-6-4-3-5-7-14-30(2)15-18-34-19-16-30/h9,11,13,17,24H,3-8,10,12,14-16,18-21H2,1-2H3/p+1. The van der Waals surface area contributed by atoms with Gasteiger partial charge in [0.2, 0.25) is 5.91 Å². The predicted molar refractivity (Wildman–Crippen MR) is 139 cm³/mol. The minimum absolute atomic E-state index is 0.116. The molecule has 8 heteroatoms. The van der Waals surface area contributed by atoms with Gasteiger partial charge in [-0.3, -0.25) is 9.59 Å². The summed E-state index contributed by atoms with van der Waals surface area (Å²) in [6, 6.07) is 5.24. The van der Waals surface area contributed by atoms with Crippen LogP contribution >= 0.6 is 11.8 Å². The fourth-order valence-corrected chi connectivity index (χ4v) is 6.12. The Bertz CT molecular complexity index is 857. The summed E-state index contributed by atoms with van der Waals surface area (Å²) in [6.45, 7) is 5.80. The Labute approximate surface area is 214 Å². The van der Waals surface area contributed by atoms with Gasteiger partial charge in [0.25, 0.3) is 5.91 Å². The maximum absolute atomic E-state index is 13.0. The van der Waals surface area contributed by atoms with E-state index in [4.69, 9.17) is 4.74 Å². The molecule has 0 saturated carbocycles. The Hall–Kier alpha value is -1.90. The molecule has 1 aromatic rings. The van der Waals surface area contributed by atoms with Crippen molar-refractivity contribution in [1.82, 2.24) is 10.2 Å². The number of rotatable bonds is 15. The Morgan fingerprint density at radius 2 is 1.89 bits per heavy atom. The molecule has 3 rings (SSSR count). The topological polar surface area (TPSA) is 75.7 Å². The van der Waals surface area contributed by atoms with Gasteiger partial charge in [0.1, 0.15) is 25.4 Å². The van der Waals surface area contributed by atoms with E-state index >= 15 is 0 Å². The van der Waals surface area contributed by atoms with Gasteiger partial charge < -0.3 is 24.2 Å². The Morgan fingerprint density at radius 1 is 1.17 bits per heavy atom. The molecular weight excluding hydrogens is 462 g/mol. The molecule has 0 radical (unpaired) electrons. The van der Waals surface area contributed by atoms with Crippen LogP contribution in [0.5, 0.6) is 0 Å². The highest BCUT2D eigenvalue weighted by Gasteiger charge is 2.36. The average molecular weight is 505 g/mol. The highest BCUT2D eigenvalue weighted by atomic mass is 32.2. The Morgan fingerprint density at radius 3 is 2.60 bits per heavy atom. The van der Waals surface area contributed by atoms with Gasteiger partial charge >= 0.3 is 0 Å². The molecule has 1 unspecified atom stereocenters. The molecule has 2 aliphatic rings. The van der Waals surface area contributed by atoms with Gasteiger partial charge in [0, 0.05) is 30.5 Å². The molecule has 1 saturated heterocycles. The number of benzene rings is 1. The number of likely N-dealkylation sites (N-methyl/N-ethyl adjacent to an activating group) is 2. The molecule has 0 bridgehead atoms. The van der Waals surface area contributed by atoms with Crippen LogP contribution in [0.2, 0.25) is 0 Å². The van der Waals surface area contributed by atoms with Crippen molar-refractivity contribution in [2.45, 2.75) is 68.8 Å². The molecule has 1 fully saturated rings. The number of nitrogens with one attached hydrogen (secondary N) is 1. The van der Waals surface area contributed by atoms with E-state index in [0.29, 0.717) is 18.5 Å². The summed E-state index contributed by atoms with van der Waals surface area (Å²) in [6.07, 6.45) is 8.99. The van der Waals surface area contributed by atoms with Crippen molar-refractivity contribution >= 4 is 29.9 Å². The number of quaternary nitrogens is 1. The van der Waals surface area contributed by atoms with E-state index in [1.54, 1.807) is 11.9 Å². The van der Waals surface area contributed by atoms with Gasteiger partial charge in [-0.15, -0.1) is 11.8 Å². The Kier molecular flexibility index (Phi) is 11.1. The predicted octanol–water partition coefficient (Wildman–Crippen LogP) is 3.65. The van der Waals surface area contributed by atoms with Crippen molar-refractivity contribution in [1.29, 1.82) is 0 Å². The SMILES string of the molecule is CNC(=O)C(CCC=O)N1Cc2c(SCCCCCCCC[N+]3(C)CCOCC3)cccc2C1=O. The summed E-state index contributed by atoms with van der Waals surface area (Å²) in [5.74, 6) is 0.696. The molecule has 1 atom stereocenters. The van der Waals surface area contributed by atoms with Crippen molar-refractivity contribution in [2.24, 2.45) is 0 Å². The van der Waals surface area contributed by atoms with Crippen molar-refractivity contribution in [3.05, 3.63) is 29.3 Å². The van der Waals surface area contributed by atoms with E-state index in [9.17, 15) is 14.4 Å². The lowest BCUT2D eigenvalue weighted by Gasteiger charge is -2.37. The van der Waals surface area contributed by atoms with Crippen LogP contribution < -0.4 is 5.32 Å². The number of thioether (sulfide) groups is 1. The number of unbranched alkanes of at least 4 members (excludes halogenated alkanes) is 5. The second-order valence-electron chi connectivity index (χ2n) is 9.96. The minimum Gasteiger partial charge on any atom is -0.370 e. The van der Waals surface area contributed by atoms with Crippen molar-refractivity contribution in [3.63, 3.8) is 0 Å². The van der Waals surface area contributed by atoms with E-state index in [1.807, 2.05) is 23.9 Å². The smallest absolute Gasteiger partial charge is 0.255 e. The van der Waals surface area contributed by atoms with E-state index in [-0.39, 0.29) is 18.2 Å². The summed E-state index contributed by atoms with van der Waals surface area (Å²) in [4.78, 5) is 39.0. The summed E-state index contributed by atoms with van der Waals surface area (Å²) in [5.41, 5.74) is 1.70. The zero-order valence-electron chi connectivity index (χ0n) is 21.4. The fourth-order valence-electron chi connectivity index (χ4n) is 5.03. The Balaban J connectivity index is 1.39. The number of amides is 2. The van der Waals surface area contributed by atoms with Crippen LogP contribution in [0.4, 0.5) is 0 Å². The quantitative estimate of drug-likeness (QED) is 0.171. The lowest BCUT2D eigenvalue weighted by molar-refractivity contribution is -0.917. The number of ether oxygens (including phenoxy) is 1. The van der Waals surface area contributed by atoms with Gasteiger partial charge in [0.15, 0.2) is 0 Å². The third-order valence-corrected chi connectivity index (χ3v) is 8.52. The number of morpholine rings is 1. The van der Waals surface area contributed by atoms with Crippen LogP contribution in [-0.2, 0) is 20.9 Å². The highest BCUT2D eigenvalue weighted by molar-refractivity contribution is 7.99. The molecule has 2 aliphatic heterocycles. The van der Waals surface area contributed by atoms with Crippen molar-refractivity contribution < 1.29 is 23.6 Å². The number of hydrogen-bond acceptors (Lipinski definition) is 5. The maximum Gasteiger partial charge on any atom is 0.255 e. The third kappa shape index (κ3) is 7.79. The summed E-state index contributed by atoms with van der Waals surface area (Å²) >= 11 is 1.81. The molecular formula is C27H42N3O4S+. The normalized spacial score (nSPS) is 17.8. The van der Waals surface area contributed by atoms with Crippen LogP contribution in [0, 0.1) is 0 Å². The largest absolute Gasteiger partial charge is 0.370 e. The lowest BCUT2D eigenvalue weighted by Crippen LogP contribution is -2.52. The number of aldehydes is 1. The third-order valence-electron chi connectivity index (χ3n) is 7.34. The van der Waals surface area contributed by atoms with Crippen LogP contribution in [-0.4, -0.2) is 86.2 Å². The van der Waals surface area contributed by atoms with Crippen LogP contribution in [0.25, 0.3) is 0 Å². The molecule has 1 N–H and O–H groups in total. The van der Waals surface area contributed by atoms with E-state index in [2.05, 4.69) is 18.4 Å². The zero-order chi connectivity index (χ0) is 25.1. The first kappa shape index (κ1) is 27.7. The molecule has 2 amide bonds. The maximum atomic E-state index is 13.0. The number of nitrogens with zero attached hydrogens (tertiary/aromatic N) is 2. The van der Waals surface area contributed by atoms with Gasteiger partial charge in [-0.1, -0.05) is 25.3 Å². The second kappa shape index (κ2) is 14.0. The van der Waals surface area contributed by atoms with Crippen molar-refractivity contribution in [3.8, 4) is 0 Å². The fraction of sp³-hybridized carbons (Fsp3) is 0.667. The monoisotopic (exact) mass is 504 g/mol. The summed E-state index contributed by atoms with van der Waals surface area (Å²) < 4.78 is 6.65. The minimum atomic E-state index is -0.615. The molecule has 0 aliphatic carbocycles. The first-order valence-corrected chi connectivity index (χ1v) is 14.1. The number of carbonyl (C=O) groups is 3. The number of hydrogen-bond donors (Lipinski definition) is 1. The van der Waals surface area contributed by atoms with Gasteiger partial charge in [-0.25, -0.2) is 0 Å². The zero-order valence-corrected chi connectivity index (χ0v) is 22.2. The summed E-state index contributed by atoms with van der Waals surface area (Å²) in [5, 5.41) is 2.64. The second-order valence-corrected chi connectivity index (χ2v) is 11.1. The average Bonchev–Trinajstić information content (AvgIpc) is 3.20. The number of fused-ring (bicyclic) bond motifs is 1. The first-order chi connectivity index (χ1) is 17.0. The molecule has 0 aromatic heterocycles. The summed E-state index contributed by atoms with van der Waals surface area (Å²) in [7, 11) is 3.92. The molecule has 0 spiro atoms. The molecule has 1 aromatic carbocycles. The van der Waals surface area contributed by atoms with Gasteiger partial charge in [-0.05, 0) is 49.1 Å². The van der Waals surface area contributed by atoms with Crippen LogP contribution in [0.3, 0.4) is 0 Å². The lowest BCUT2D eigenvalue weighted by atomic mass is 10.1. The van der Waals surface area contributed by atoms with Crippen molar-refractivity contribution in [2.75, 3.05) is 52.7 Å². The van der Waals surface area contributed by atoms with Crippen LogP contribution in [0.15, 0.2) is 23.1 Å². The van der Waals surface area contributed by atoms with E-state index in [0.717, 1.165) is 55.2 Å². The van der Waals surface area contributed by atoms with Gasteiger partial charge in [0.05, 0.1) is 26.8 Å². The van der Waals surface area contributed by atoms with E-state index < -0.39 is 6.04 Å².